The largest absolute Gasteiger partial charge is 0.455 e. The second-order valence-electron chi connectivity index (χ2n) is 12.0. The van der Waals surface area contributed by atoms with Crippen LogP contribution in [0.25, 0.3) is 38.4 Å². The molecule has 1 unspecified atom stereocenters. The molecule has 48 heavy (non-hydrogen) atoms. The van der Waals surface area contributed by atoms with Gasteiger partial charge in [0, 0.05) is 16.8 Å². The first-order valence-corrected chi connectivity index (χ1v) is 16.3. The van der Waals surface area contributed by atoms with Crippen molar-refractivity contribution in [1.29, 1.82) is 0 Å². The molecule has 1 aliphatic rings. The van der Waals surface area contributed by atoms with Crippen molar-refractivity contribution in [3.63, 3.8) is 0 Å². The van der Waals surface area contributed by atoms with E-state index in [1.54, 1.807) is 0 Å². The van der Waals surface area contributed by atoms with E-state index >= 15 is 0 Å². The summed E-state index contributed by atoms with van der Waals surface area (Å²) in [5.74, 6) is 0.776. The van der Waals surface area contributed by atoms with Crippen LogP contribution in [0.15, 0.2) is 185 Å². The molecular weight excluding hydrogens is 587 g/mol. The van der Waals surface area contributed by atoms with Crippen molar-refractivity contribution < 1.29 is 4.42 Å². The fraction of sp³-hybridized carbons (Fsp3) is 0.0227. The summed E-state index contributed by atoms with van der Waals surface area (Å²) in [6, 6.07) is 59.2. The molecule has 0 amide bonds. The van der Waals surface area contributed by atoms with Gasteiger partial charge in [0.25, 0.3) is 0 Å². The van der Waals surface area contributed by atoms with Crippen LogP contribution in [0.4, 0.5) is 17.1 Å². The number of furan rings is 1. The van der Waals surface area contributed by atoms with Crippen molar-refractivity contribution in [1.82, 2.24) is 5.32 Å². The molecule has 1 aromatic heterocycles. The number of nitrogens with one attached hydrogen (secondary N) is 1. The quantitative estimate of drug-likeness (QED) is 0.202. The molecule has 1 aliphatic heterocycles. The summed E-state index contributed by atoms with van der Waals surface area (Å²) in [4.78, 5) is 7.57. The molecule has 2 heterocycles. The molecular formula is C44H31N3O. The summed E-state index contributed by atoms with van der Waals surface area (Å²) in [6.45, 7) is 0. The smallest absolute Gasteiger partial charge is 0.148 e. The van der Waals surface area contributed by atoms with Crippen molar-refractivity contribution in [3.8, 4) is 0 Å². The van der Waals surface area contributed by atoms with E-state index in [0.717, 1.165) is 61.7 Å². The van der Waals surface area contributed by atoms with E-state index in [-0.39, 0.29) is 6.04 Å². The molecule has 228 valence electrons. The van der Waals surface area contributed by atoms with E-state index in [4.69, 9.17) is 9.41 Å². The van der Waals surface area contributed by atoms with E-state index in [0.29, 0.717) is 0 Å². The van der Waals surface area contributed by atoms with Crippen LogP contribution >= 0.6 is 0 Å². The first-order chi connectivity index (χ1) is 23.8. The summed E-state index contributed by atoms with van der Waals surface area (Å²) in [7, 11) is 0. The van der Waals surface area contributed by atoms with Gasteiger partial charge in [0.2, 0.25) is 0 Å². The van der Waals surface area contributed by atoms with Gasteiger partial charge in [-0.2, -0.15) is 0 Å². The number of hydrogen-bond acceptors (Lipinski definition) is 4. The third-order valence-electron chi connectivity index (χ3n) is 9.08. The first kappa shape index (κ1) is 27.9. The molecule has 4 nitrogen and oxygen atoms in total. The molecule has 7 aromatic carbocycles. The van der Waals surface area contributed by atoms with Crippen LogP contribution in [0.1, 0.15) is 22.7 Å². The van der Waals surface area contributed by atoms with Crippen LogP contribution in [-0.2, 0) is 0 Å². The van der Waals surface area contributed by atoms with Crippen LogP contribution < -0.4 is 10.2 Å². The van der Waals surface area contributed by atoms with E-state index < -0.39 is 0 Å². The van der Waals surface area contributed by atoms with E-state index in [1.165, 1.54) is 16.3 Å². The van der Waals surface area contributed by atoms with Crippen LogP contribution in [0.2, 0.25) is 0 Å². The highest BCUT2D eigenvalue weighted by Crippen LogP contribution is 2.45. The van der Waals surface area contributed by atoms with Gasteiger partial charge in [-0.05, 0) is 70.4 Å². The summed E-state index contributed by atoms with van der Waals surface area (Å²) in [6.07, 6.45) is 2.20. The number of aliphatic imine (C=N–C) groups is 1. The molecule has 9 rings (SSSR count). The Balaban J connectivity index is 1.28. The Morgan fingerprint density at radius 3 is 2.08 bits per heavy atom. The fourth-order valence-corrected chi connectivity index (χ4v) is 6.79. The summed E-state index contributed by atoms with van der Waals surface area (Å²) >= 11 is 0. The third-order valence-corrected chi connectivity index (χ3v) is 9.08. The van der Waals surface area contributed by atoms with Gasteiger partial charge in [0.05, 0.1) is 28.4 Å². The van der Waals surface area contributed by atoms with Crippen molar-refractivity contribution >= 4 is 61.3 Å². The third kappa shape index (κ3) is 4.91. The van der Waals surface area contributed by atoms with Crippen LogP contribution in [0.3, 0.4) is 0 Å². The number of anilines is 3. The topological polar surface area (TPSA) is 40.8 Å². The lowest BCUT2D eigenvalue weighted by molar-refractivity contribution is 0.667. The number of hydrogen-bond donors (Lipinski definition) is 1. The Hall–Kier alpha value is -6.39. The minimum atomic E-state index is -0.0635. The van der Waals surface area contributed by atoms with Crippen LogP contribution in [0.5, 0.6) is 0 Å². The highest BCUT2D eigenvalue weighted by atomic mass is 16.3. The summed E-state index contributed by atoms with van der Waals surface area (Å²) in [5, 5.41) is 8.25. The lowest BCUT2D eigenvalue weighted by Crippen LogP contribution is -2.31. The summed E-state index contributed by atoms with van der Waals surface area (Å²) < 4.78 is 6.78. The SMILES string of the molecule is C1=C(c2ccccc2)N=C(c2ccc(N(c3ccccc3)c3ccc4ccccc4c3)c3c2oc2ccccc23)NC1c1ccccc1. The molecule has 1 N–H and O–H groups in total. The number of nitrogens with zero attached hydrogens (tertiary/aromatic N) is 2. The number of amidine groups is 1. The maximum Gasteiger partial charge on any atom is 0.148 e. The van der Waals surface area contributed by atoms with Crippen molar-refractivity contribution in [2.45, 2.75) is 6.04 Å². The second kappa shape index (κ2) is 11.8. The van der Waals surface area contributed by atoms with Gasteiger partial charge < -0.3 is 14.6 Å². The number of fused-ring (bicyclic) bond motifs is 4. The Kier molecular flexibility index (Phi) is 6.83. The van der Waals surface area contributed by atoms with Crippen LogP contribution in [0, 0.1) is 0 Å². The Morgan fingerprint density at radius 1 is 0.583 bits per heavy atom. The van der Waals surface area contributed by atoms with Gasteiger partial charge in [-0.3, -0.25) is 0 Å². The predicted octanol–water partition coefficient (Wildman–Crippen LogP) is 11.3. The van der Waals surface area contributed by atoms with Gasteiger partial charge in [-0.25, -0.2) is 4.99 Å². The van der Waals surface area contributed by atoms with Gasteiger partial charge in [0.1, 0.15) is 17.0 Å². The Labute approximate surface area is 278 Å². The fourth-order valence-electron chi connectivity index (χ4n) is 6.79. The monoisotopic (exact) mass is 617 g/mol. The highest BCUT2D eigenvalue weighted by Gasteiger charge is 2.26. The highest BCUT2D eigenvalue weighted by molar-refractivity contribution is 6.20. The minimum Gasteiger partial charge on any atom is -0.455 e. The lowest BCUT2D eigenvalue weighted by atomic mass is 9.99. The molecule has 0 fully saturated rings. The zero-order chi connectivity index (χ0) is 31.9. The maximum absolute atomic E-state index is 6.78. The zero-order valence-corrected chi connectivity index (χ0v) is 26.1. The van der Waals surface area contributed by atoms with Gasteiger partial charge in [0.15, 0.2) is 0 Å². The lowest BCUT2D eigenvalue weighted by Gasteiger charge is -2.28. The molecule has 0 aliphatic carbocycles. The first-order valence-electron chi connectivity index (χ1n) is 16.3. The van der Waals surface area contributed by atoms with Gasteiger partial charge >= 0.3 is 0 Å². The average molecular weight is 618 g/mol. The second-order valence-corrected chi connectivity index (χ2v) is 12.0. The van der Waals surface area contributed by atoms with E-state index in [2.05, 4.69) is 162 Å². The van der Waals surface area contributed by atoms with Gasteiger partial charge in [-0.15, -0.1) is 0 Å². The molecule has 8 aromatic rings. The number of benzene rings is 7. The van der Waals surface area contributed by atoms with E-state index in [9.17, 15) is 0 Å². The Morgan fingerprint density at radius 2 is 1.27 bits per heavy atom. The standard InChI is InChI=1S/C44H31N3O/c1-4-15-31(16-5-1)38-29-39(32-17-6-2-7-18-32)46-44(45-38)37-26-27-40(42-36-22-12-13-23-41(36)48-43(37)42)47(34-20-8-3-9-21-34)35-25-24-30-14-10-11-19-33(30)28-35/h1-29,38H,(H,45,46). The minimum absolute atomic E-state index is 0.0635. The Bertz CT molecular complexity index is 2480. The molecule has 0 spiro atoms. The molecule has 1 atom stereocenters. The predicted molar refractivity (Wildman–Crippen MR) is 199 cm³/mol. The number of para-hydroxylation sites is 2. The van der Waals surface area contributed by atoms with Gasteiger partial charge in [-0.1, -0.05) is 127 Å². The van der Waals surface area contributed by atoms with Crippen molar-refractivity contribution in [2.75, 3.05) is 4.90 Å². The molecule has 0 saturated carbocycles. The van der Waals surface area contributed by atoms with Crippen molar-refractivity contribution in [3.05, 3.63) is 193 Å². The average Bonchev–Trinajstić information content (AvgIpc) is 3.56. The van der Waals surface area contributed by atoms with Crippen LogP contribution in [-0.4, -0.2) is 5.84 Å². The van der Waals surface area contributed by atoms with Crippen molar-refractivity contribution in [2.24, 2.45) is 4.99 Å². The molecule has 0 radical (unpaired) electrons. The van der Waals surface area contributed by atoms with E-state index in [1.807, 2.05) is 24.3 Å². The summed E-state index contributed by atoms with van der Waals surface area (Å²) in [5.41, 5.74) is 8.89. The number of rotatable bonds is 6. The molecule has 0 saturated heterocycles. The molecule has 4 heteroatoms. The maximum atomic E-state index is 6.78. The zero-order valence-electron chi connectivity index (χ0n) is 26.1. The molecule has 0 bridgehead atoms. The normalized spacial score (nSPS) is 14.5.